The standard InChI is InChI=1S/C29H27NO3S/c1-2-3-4-5-6-14-24-27(29(32)33)30-25(31)18-22(26(20-15-16-20)28(30)34-24)17-21-12-9-11-19-10-7-8-13-23(19)21/h2-13,18,20,25,31H,1,14-17H2,(H,32,33)/b4-3-,6-5+. The van der Waals surface area contributed by atoms with Gasteiger partial charge in [0.15, 0.2) is 6.23 Å². The Labute approximate surface area is 204 Å². The Morgan fingerprint density at radius 1 is 1.12 bits per heavy atom. The number of carboxylic acids is 1. The summed E-state index contributed by atoms with van der Waals surface area (Å²) >= 11 is 1.50. The molecule has 1 aliphatic carbocycles. The normalized spacial score (nSPS) is 20.6. The minimum absolute atomic E-state index is 0.184. The topological polar surface area (TPSA) is 60.8 Å². The SMILES string of the molecule is C=C/C=C\C=C\CC1=C(C(=O)O)N2C(=C(C3CC3)C(Cc3cccc4ccccc34)=CC2O)S1. The molecule has 4 nitrogen and oxygen atoms in total. The zero-order valence-electron chi connectivity index (χ0n) is 18.9. The summed E-state index contributed by atoms with van der Waals surface area (Å²) in [4.78, 5) is 14.6. The van der Waals surface area contributed by atoms with Crippen molar-refractivity contribution in [2.24, 2.45) is 5.92 Å². The molecule has 2 heterocycles. The molecule has 2 N–H and O–H groups in total. The number of allylic oxidation sites excluding steroid dienone is 8. The fourth-order valence-electron chi connectivity index (χ4n) is 4.74. The zero-order valence-corrected chi connectivity index (χ0v) is 19.7. The Morgan fingerprint density at radius 3 is 2.68 bits per heavy atom. The van der Waals surface area contributed by atoms with E-state index in [0.29, 0.717) is 18.8 Å². The van der Waals surface area contributed by atoms with Crippen molar-refractivity contribution < 1.29 is 15.0 Å². The maximum atomic E-state index is 12.2. The predicted molar refractivity (Wildman–Crippen MR) is 139 cm³/mol. The van der Waals surface area contributed by atoms with E-state index in [0.717, 1.165) is 28.3 Å². The predicted octanol–water partition coefficient (Wildman–Crippen LogP) is 6.30. The van der Waals surface area contributed by atoms with E-state index in [9.17, 15) is 15.0 Å². The lowest BCUT2D eigenvalue weighted by molar-refractivity contribution is -0.135. The second kappa shape index (κ2) is 9.53. The Bertz CT molecular complexity index is 1300. The van der Waals surface area contributed by atoms with Crippen molar-refractivity contribution in [3.63, 3.8) is 0 Å². The molecule has 5 heteroatoms. The Hall–Kier alpha value is -3.28. The first kappa shape index (κ1) is 22.5. The second-order valence-corrected chi connectivity index (χ2v) is 9.80. The number of carboxylic acid groups (broad SMARTS) is 1. The van der Waals surface area contributed by atoms with Crippen LogP contribution >= 0.6 is 11.8 Å². The average molecular weight is 470 g/mol. The zero-order chi connectivity index (χ0) is 23.7. The van der Waals surface area contributed by atoms with Crippen LogP contribution in [0.5, 0.6) is 0 Å². The summed E-state index contributed by atoms with van der Waals surface area (Å²) in [6.45, 7) is 3.65. The van der Waals surface area contributed by atoms with Crippen LogP contribution in [0.15, 0.2) is 112 Å². The monoisotopic (exact) mass is 469 g/mol. The van der Waals surface area contributed by atoms with Gasteiger partial charge in [0, 0.05) is 4.91 Å². The van der Waals surface area contributed by atoms with E-state index >= 15 is 0 Å². The summed E-state index contributed by atoms with van der Waals surface area (Å²) in [5.41, 5.74) is 3.71. The molecule has 2 aromatic carbocycles. The number of aliphatic carboxylic acids is 1. The number of rotatable bonds is 8. The van der Waals surface area contributed by atoms with Crippen molar-refractivity contribution in [2.75, 3.05) is 0 Å². The lowest BCUT2D eigenvalue weighted by atomic mass is 9.90. The summed E-state index contributed by atoms with van der Waals surface area (Å²) in [6, 6.07) is 14.7. The molecular formula is C29H27NO3S. The molecule has 172 valence electrons. The molecule has 34 heavy (non-hydrogen) atoms. The average Bonchev–Trinajstić information content (AvgIpc) is 3.58. The minimum atomic E-state index is -1.01. The van der Waals surface area contributed by atoms with Crippen LogP contribution in [-0.2, 0) is 11.2 Å². The van der Waals surface area contributed by atoms with Gasteiger partial charge >= 0.3 is 5.97 Å². The number of aliphatic hydroxyl groups is 1. The largest absolute Gasteiger partial charge is 0.477 e. The molecule has 1 unspecified atom stereocenters. The number of fused-ring (bicyclic) bond motifs is 2. The van der Waals surface area contributed by atoms with Gasteiger partial charge in [0.2, 0.25) is 0 Å². The molecule has 1 fully saturated rings. The molecule has 3 aliphatic rings. The third-order valence-corrected chi connectivity index (χ3v) is 7.60. The Balaban J connectivity index is 1.51. The molecule has 0 radical (unpaired) electrons. The molecule has 0 bridgehead atoms. The molecule has 1 saturated carbocycles. The highest BCUT2D eigenvalue weighted by atomic mass is 32.2. The Kier molecular flexibility index (Phi) is 6.31. The Morgan fingerprint density at radius 2 is 1.91 bits per heavy atom. The van der Waals surface area contributed by atoms with E-state index in [2.05, 4.69) is 43.0 Å². The van der Waals surface area contributed by atoms with Gasteiger partial charge in [-0.3, -0.25) is 4.90 Å². The number of carbonyl (C=O) groups is 1. The van der Waals surface area contributed by atoms with Crippen molar-refractivity contribution in [2.45, 2.75) is 31.9 Å². The number of thioether (sulfide) groups is 1. The van der Waals surface area contributed by atoms with Crippen LogP contribution in [0, 0.1) is 5.92 Å². The fourth-order valence-corrected chi connectivity index (χ4v) is 6.14. The molecule has 0 aromatic heterocycles. The van der Waals surface area contributed by atoms with E-state index in [-0.39, 0.29) is 5.70 Å². The molecule has 2 aromatic rings. The number of hydrogen-bond acceptors (Lipinski definition) is 4. The number of aliphatic hydroxyl groups excluding tert-OH is 1. The van der Waals surface area contributed by atoms with Gasteiger partial charge in [-0.2, -0.15) is 0 Å². The molecule has 2 aliphatic heterocycles. The molecule has 5 rings (SSSR count). The lowest BCUT2D eigenvalue weighted by Crippen LogP contribution is -2.36. The molecule has 0 spiro atoms. The highest BCUT2D eigenvalue weighted by Gasteiger charge is 2.43. The van der Waals surface area contributed by atoms with Gasteiger partial charge < -0.3 is 10.2 Å². The minimum Gasteiger partial charge on any atom is -0.477 e. The van der Waals surface area contributed by atoms with Crippen LogP contribution in [0.1, 0.15) is 24.8 Å². The van der Waals surface area contributed by atoms with Crippen LogP contribution < -0.4 is 0 Å². The van der Waals surface area contributed by atoms with Gasteiger partial charge in [0.25, 0.3) is 0 Å². The first-order valence-electron chi connectivity index (χ1n) is 11.6. The second-order valence-electron chi connectivity index (χ2n) is 8.72. The van der Waals surface area contributed by atoms with Gasteiger partial charge in [-0.1, -0.05) is 91.2 Å². The van der Waals surface area contributed by atoms with Gasteiger partial charge in [-0.25, -0.2) is 4.79 Å². The van der Waals surface area contributed by atoms with Crippen molar-refractivity contribution >= 4 is 28.5 Å². The first-order chi connectivity index (χ1) is 16.6. The van der Waals surface area contributed by atoms with Crippen LogP contribution in [0.2, 0.25) is 0 Å². The summed E-state index contributed by atoms with van der Waals surface area (Å²) in [7, 11) is 0. The van der Waals surface area contributed by atoms with Gasteiger partial charge in [0.1, 0.15) is 5.70 Å². The van der Waals surface area contributed by atoms with Gasteiger partial charge in [-0.15, -0.1) is 0 Å². The fraction of sp³-hybridized carbons (Fsp3) is 0.207. The van der Waals surface area contributed by atoms with Crippen molar-refractivity contribution in [1.29, 1.82) is 0 Å². The maximum Gasteiger partial charge on any atom is 0.353 e. The summed E-state index contributed by atoms with van der Waals surface area (Å²) in [5, 5.41) is 24.4. The lowest BCUT2D eigenvalue weighted by Gasteiger charge is -2.33. The molecule has 0 amide bonds. The van der Waals surface area contributed by atoms with Crippen molar-refractivity contribution in [3.05, 3.63) is 118 Å². The smallest absolute Gasteiger partial charge is 0.353 e. The van der Waals surface area contributed by atoms with E-state index in [1.807, 2.05) is 36.4 Å². The summed E-state index contributed by atoms with van der Waals surface area (Å²) < 4.78 is 0. The van der Waals surface area contributed by atoms with Crippen LogP contribution in [0.4, 0.5) is 0 Å². The van der Waals surface area contributed by atoms with E-state index in [1.54, 1.807) is 11.0 Å². The van der Waals surface area contributed by atoms with Crippen LogP contribution in [0.25, 0.3) is 10.8 Å². The maximum absolute atomic E-state index is 12.2. The van der Waals surface area contributed by atoms with E-state index in [4.69, 9.17) is 0 Å². The summed E-state index contributed by atoms with van der Waals surface area (Å²) in [5.74, 6) is -0.591. The highest BCUT2D eigenvalue weighted by Crippen LogP contribution is 2.54. The van der Waals surface area contributed by atoms with E-state index < -0.39 is 12.2 Å². The molecule has 1 atom stereocenters. The number of benzene rings is 2. The number of hydrogen-bond donors (Lipinski definition) is 2. The third-order valence-electron chi connectivity index (χ3n) is 6.38. The van der Waals surface area contributed by atoms with Crippen LogP contribution in [0.3, 0.4) is 0 Å². The van der Waals surface area contributed by atoms with Crippen LogP contribution in [-0.4, -0.2) is 27.3 Å². The van der Waals surface area contributed by atoms with Crippen molar-refractivity contribution in [1.82, 2.24) is 4.90 Å². The highest BCUT2D eigenvalue weighted by molar-refractivity contribution is 8.07. The van der Waals surface area contributed by atoms with E-state index in [1.165, 1.54) is 33.7 Å². The quantitative estimate of drug-likeness (QED) is 0.445. The van der Waals surface area contributed by atoms with Crippen molar-refractivity contribution in [3.8, 4) is 0 Å². The first-order valence-corrected chi connectivity index (χ1v) is 12.4. The molecule has 0 saturated heterocycles. The van der Waals surface area contributed by atoms with Gasteiger partial charge in [-0.05, 0) is 65.2 Å². The third kappa shape index (κ3) is 4.29. The molecular weight excluding hydrogens is 442 g/mol. The summed E-state index contributed by atoms with van der Waals surface area (Å²) in [6.07, 6.45) is 13.5. The van der Waals surface area contributed by atoms with Gasteiger partial charge in [0.05, 0.1) is 5.03 Å². The number of nitrogens with zero attached hydrogens (tertiary/aromatic N) is 1.